The summed E-state index contributed by atoms with van der Waals surface area (Å²) in [4.78, 5) is 37.8. The highest BCUT2D eigenvalue weighted by molar-refractivity contribution is 6.22. The Bertz CT molecular complexity index is 588. The van der Waals surface area contributed by atoms with Crippen LogP contribution in [0, 0.1) is 0 Å². The van der Waals surface area contributed by atoms with Crippen molar-refractivity contribution < 1.29 is 14.4 Å². The molecule has 2 N–H and O–H groups in total. The van der Waals surface area contributed by atoms with Crippen LogP contribution in [0.4, 0.5) is 5.69 Å². The first kappa shape index (κ1) is 14.7. The van der Waals surface area contributed by atoms with E-state index in [0.717, 1.165) is 12.8 Å². The standard InChI is InChI=1S/C16H19N3O3/c20-14-10-13(18-12-8-4-5-9-17-15(12)21)16(22)19(14)11-6-2-1-3-7-11/h1-3,6-7,12-13,18H,4-5,8-10H2,(H,17,21)/t12-,13+/m1/s1. The van der Waals surface area contributed by atoms with Gasteiger partial charge in [-0.2, -0.15) is 0 Å². The smallest absolute Gasteiger partial charge is 0.251 e. The molecule has 2 heterocycles. The fourth-order valence-corrected chi connectivity index (χ4v) is 2.95. The van der Waals surface area contributed by atoms with Crippen LogP contribution >= 0.6 is 0 Å². The van der Waals surface area contributed by atoms with Crippen molar-refractivity contribution in [3.05, 3.63) is 30.3 Å². The van der Waals surface area contributed by atoms with E-state index >= 15 is 0 Å². The third-order valence-electron chi connectivity index (χ3n) is 4.10. The van der Waals surface area contributed by atoms with E-state index in [0.29, 0.717) is 18.7 Å². The molecule has 2 saturated heterocycles. The molecule has 2 aliphatic heterocycles. The summed E-state index contributed by atoms with van der Waals surface area (Å²) in [6, 6.07) is 7.85. The third-order valence-corrected chi connectivity index (χ3v) is 4.10. The Kier molecular flexibility index (Phi) is 4.20. The number of amides is 3. The van der Waals surface area contributed by atoms with Crippen molar-refractivity contribution >= 4 is 23.4 Å². The Morgan fingerprint density at radius 3 is 2.59 bits per heavy atom. The second-order valence-electron chi connectivity index (χ2n) is 5.67. The third kappa shape index (κ3) is 2.87. The zero-order valence-electron chi connectivity index (χ0n) is 12.2. The molecule has 22 heavy (non-hydrogen) atoms. The van der Waals surface area contributed by atoms with Crippen LogP contribution < -0.4 is 15.5 Å². The quantitative estimate of drug-likeness (QED) is 0.800. The zero-order chi connectivity index (χ0) is 15.5. The highest BCUT2D eigenvalue weighted by atomic mass is 16.2. The molecule has 0 radical (unpaired) electrons. The lowest BCUT2D eigenvalue weighted by molar-refractivity contribution is -0.123. The van der Waals surface area contributed by atoms with E-state index in [1.807, 2.05) is 6.07 Å². The summed E-state index contributed by atoms with van der Waals surface area (Å²) < 4.78 is 0. The molecule has 3 rings (SSSR count). The largest absolute Gasteiger partial charge is 0.355 e. The van der Waals surface area contributed by atoms with E-state index in [9.17, 15) is 14.4 Å². The maximum absolute atomic E-state index is 12.5. The van der Waals surface area contributed by atoms with Crippen molar-refractivity contribution in [3.63, 3.8) is 0 Å². The zero-order valence-corrected chi connectivity index (χ0v) is 12.2. The predicted octanol–water partition coefficient (Wildman–Crippen LogP) is 0.577. The molecule has 0 bridgehead atoms. The summed E-state index contributed by atoms with van der Waals surface area (Å²) in [6.45, 7) is 0.671. The number of hydrogen-bond acceptors (Lipinski definition) is 4. The molecule has 2 fully saturated rings. The molecule has 0 aromatic heterocycles. The van der Waals surface area contributed by atoms with Crippen molar-refractivity contribution in [1.82, 2.24) is 10.6 Å². The van der Waals surface area contributed by atoms with Gasteiger partial charge in [-0.3, -0.25) is 19.7 Å². The van der Waals surface area contributed by atoms with E-state index in [1.54, 1.807) is 24.3 Å². The number of rotatable bonds is 3. The molecular formula is C16H19N3O3. The molecule has 0 spiro atoms. The van der Waals surface area contributed by atoms with Gasteiger partial charge in [-0.1, -0.05) is 18.2 Å². The number of nitrogens with one attached hydrogen (secondary N) is 2. The van der Waals surface area contributed by atoms with E-state index in [-0.39, 0.29) is 24.1 Å². The molecule has 0 unspecified atom stereocenters. The van der Waals surface area contributed by atoms with Crippen LogP contribution in [0.3, 0.4) is 0 Å². The summed E-state index contributed by atoms with van der Waals surface area (Å²) in [5.41, 5.74) is 0.576. The summed E-state index contributed by atoms with van der Waals surface area (Å²) in [5.74, 6) is -0.605. The molecule has 3 amide bonds. The van der Waals surface area contributed by atoms with Crippen LogP contribution in [0.25, 0.3) is 0 Å². The fourth-order valence-electron chi connectivity index (χ4n) is 2.95. The first-order valence-corrected chi connectivity index (χ1v) is 7.62. The van der Waals surface area contributed by atoms with Gasteiger partial charge in [0.1, 0.15) is 0 Å². The highest BCUT2D eigenvalue weighted by Gasteiger charge is 2.41. The number of carbonyl (C=O) groups is 3. The highest BCUT2D eigenvalue weighted by Crippen LogP contribution is 2.23. The predicted molar refractivity (Wildman–Crippen MR) is 81.1 cm³/mol. The van der Waals surface area contributed by atoms with E-state index < -0.39 is 12.1 Å². The summed E-state index contributed by atoms with van der Waals surface area (Å²) >= 11 is 0. The van der Waals surface area contributed by atoms with Gasteiger partial charge in [0, 0.05) is 6.54 Å². The lowest BCUT2D eigenvalue weighted by atomic mass is 10.1. The van der Waals surface area contributed by atoms with Gasteiger partial charge in [0.05, 0.1) is 24.2 Å². The molecule has 116 valence electrons. The van der Waals surface area contributed by atoms with Crippen molar-refractivity contribution in [2.45, 2.75) is 37.8 Å². The van der Waals surface area contributed by atoms with E-state index in [4.69, 9.17) is 0 Å². The second kappa shape index (κ2) is 6.27. The van der Waals surface area contributed by atoms with Gasteiger partial charge < -0.3 is 5.32 Å². The molecule has 0 saturated carbocycles. The summed E-state index contributed by atoms with van der Waals surface area (Å²) in [7, 11) is 0. The van der Waals surface area contributed by atoms with Crippen molar-refractivity contribution in [2.24, 2.45) is 0 Å². The minimum absolute atomic E-state index is 0.0871. The summed E-state index contributed by atoms with van der Waals surface area (Å²) in [5, 5.41) is 5.89. The van der Waals surface area contributed by atoms with Gasteiger partial charge in [-0.15, -0.1) is 0 Å². The lowest BCUT2D eigenvalue weighted by Crippen LogP contribution is -2.50. The van der Waals surface area contributed by atoms with Crippen LogP contribution in [0.2, 0.25) is 0 Å². The SMILES string of the molecule is O=C1NCCCC[C@H]1N[C@H]1CC(=O)N(c2ccccc2)C1=O. The first-order valence-electron chi connectivity index (χ1n) is 7.62. The average molecular weight is 301 g/mol. The van der Waals surface area contributed by atoms with Gasteiger partial charge in [-0.05, 0) is 31.4 Å². The Balaban J connectivity index is 1.72. The van der Waals surface area contributed by atoms with Crippen molar-refractivity contribution in [2.75, 3.05) is 11.4 Å². The van der Waals surface area contributed by atoms with Crippen molar-refractivity contribution in [1.29, 1.82) is 0 Å². The first-order chi connectivity index (χ1) is 10.7. The number of carbonyl (C=O) groups excluding carboxylic acids is 3. The molecule has 1 aromatic carbocycles. The second-order valence-corrected chi connectivity index (χ2v) is 5.67. The molecular weight excluding hydrogens is 282 g/mol. The summed E-state index contributed by atoms with van der Waals surface area (Å²) in [6.07, 6.45) is 2.65. The minimum Gasteiger partial charge on any atom is -0.355 e. The minimum atomic E-state index is -0.624. The van der Waals surface area contributed by atoms with Crippen LogP contribution in [-0.4, -0.2) is 36.3 Å². The van der Waals surface area contributed by atoms with Gasteiger partial charge in [0.25, 0.3) is 5.91 Å². The molecule has 2 aliphatic rings. The number of hydrogen-bond donors (Lipinski definition) is 2. The molecule has 2 atom stereocenters. The maximum atomic E-state index is 12.5. The Labute approximate surface area is 128 Å². The van der Waals surface area contributed by atoms with Gasteiger partial charge in [0.2, 0.25) is 11.8 Å². The van der Waals surface area contributed by atoms with E-state index in [2.05, 4.69) is 10.6 Å². The van der Waals surface area contributed by atoms with Gasteiger partial charge >= 0.3 is 0 Å². The Morgan fingerprint density at radius 2 is 1.82 bits per heavy atom. The number of nitrogens with zero attached hydrogens (tertiary/aromatic N) is 1. The molecule has 0 aliphatic carbocycles. The van der Waals surface area contributed by atoms with Crippen molar-refractivity contribution in [3.8, 4) is 0 Å². The monoisotopic (exact) mass is 301 g/mol. The fraction of sp³-hybridized carbons (Fsp3) is 0.438. The molecule has 6 heteroatoms. The van der Waals surface area contributed by atoms with Crippen LogP contribution in [-0.2, 0) is 14.4 Å². The lowest BCUT2D eigenvalue weighted by Gasteiger charge is -2.19. The van der Waals surface area contributed by atoms with Gasteiger partial charge in [-0.25, -0.2) is 4.90 Å². The normalized spacial score (nSPS) is 26.0. The Morgan fingerprint density at radius 1 is 1.05 bits per heavy atom. The Hall–Kier alpha value is -2.21. The molecule has 1 aromatic rings. The van der Waals surface area contributed by atoms with E-state index in [1.165, 1.54) is 4.90 Å². The number of imide groups is 1. The topological polar surface area (TPSA) is 78.5 Å². The number of anilines is 1. The molecule has 6 nitrogen and oxygen atoms in total. The number of benzene rings is 1. The van der Waals surface area contributed by atoms with Crippen LogP contribution in [0.15, 0.2) is 30.3 Å². The van der Waals surface area contributed by atoms with Crippen LogP contribution in [0.5, 0.6) is 0 Å². The average Bonchev–Trinajstić information content (AvgIpc) is 2.67. The van der Waals surface area contributed by atoms with Crippen LogP contribution in [0.1, 0.15) is 25.7 Å². The van der Waals surface area contributed by atoms with Gasteiger partial charge in [0.15, 0.2) is 0 Å². The maximum Gasteiger partial charge on any atom is 0.251 e. The number of para-hydroxylation sites is 1.